The Kier molecular flexibility index (Phi) is 8.80. The van der Waals surface area contributed by atoms with Crippen LogP contribution in [0.3, 0.4) is 0 Å². The van der Waals surface area contributed by atoms with Crippen LogP contribution in [0.5, 0.6) is 0 Å². The number of nitrogens with one attached hydrogen (secondary N) is 1. The van der Waals surface area contributed by atoms with E-state index >= 15 is 0 Å². The number of hydrogen-bond acceptors (Lipinski definition) is 3. The quantitative estimate of drug-likeness (QED) is 0.475. The summed E-state index contributed by atoms with van der Waals surface area (Å²) in [5, 5.41) is 21.7. The van der Waals surface area contributed by atoms with Crippen LogP contribution >= 0.6 is 0 Å². The number of aliphatic hydroxyl groups is 2. The molecule has 1 rings (SSSR count). The number of aryl methyl sites for hydroxylation is 1. The van der Waals surface area contributed by atoms with Crippen LogP contribution in [0.25, 0.3) is 0 Å². The molecule has 7 heteroatoms. The highest BCUT2D eigenvalue weighted by molar-refractivity contribution is 5.81. The summed E-state index contributed by atoms with van der Waals surface area (Å²) in [6.07, 6.45) is -3.82. The molecule has 0 saturated heterocycles. The average molecular weight is 385 g/mol. The van der Waals surface area contributed by atoms with Gasteiger partial charge < -0.3 is 15.5 Å². The van der Waals surface area contributed by atoms with Gasteiger partial charge in [0, 0.05) is 5.56 Å². The Bertz CT molecular complexity index is 671. The second-order valence-electron chi connectivity index (χ2n) is 6.46. The van der Waals surface area contributed by atoms with Crippen LogP contribution in [0.15, 0.2) is 24.3 Å². The molecular weight excluding hydrogens is 359 g/mol. The monoisotopic (exact) mass is 385 g/mol. The number of carbonyl (C=O) groups is 1. The third-order valence-corrected chi connectivity index (χ3v) is 4.02. The number of amides is 1. The van der Waals surface area contributed by atoms with E-state index in [0.29, 0.717) is 18.4 Å². The van der Waals surface area contributed by atoms with Crippen molar-refractivity contribution in [1.29, 1.82) is 0 Å². The molecule has 0 heterocycles. The van der Waals surface area contributed by atoms with Gasteiger partial charge in [0.25, 0.3) is 0 Å². The fraction of sp³-hybridized carbons (Fsp3) is 0.550. The first kappa shape index (κ1) is 23.0. The Morgan fingerprint density at radius 1 is 1.19 bits per heavy atom. The Labute approximate surface area is 157 Å². The van der Waals surface area contributed by atoms with Gasteiger partial charge >= 0.3 is 12.1 Å². The third-order valence-electron chi connectivity index (χ3n) is 4.02. The zero-order valence-electron chi connectivity index (χ0n) is 15.6. The van der Waals surface area contributed by atoms with E-state index in [-0.39, 0.29) is 12.8 Å². The molecule has 4 nitrogen and oxygen atoms in total. The molecule has 1 aromatic carbocycles. The Hall–Kier alpha value is -2.04. The largest absolute Gasteiger partial charge is 0.471 e. The molecule has 0 aliphatic carbocycles. The van der Waals surface area contributed by atoms with Gasteiger partial charge in [-0.05, 0) is 37.3 Å². The van der Waals surface area contributed by atoms with Crippen LogP contribution in [-0.2, 0) is 11.2 Å². The number of carbonyl (C=O) groups excluding carboxylic acids is 1. The average Bonchev–Trinajstić information content (AvgIpc) is 2.58. The van der Waals surface area contributed by atoms with Crippen molar-refractivity contribution in [2.24, 2.45) is 0 Å². The van der Waals surface area contributed by atoms with Crippen LogP contribution in [-0.4, -0.2) is 34.1 Å². The van der Waals surface area contributed by atoms with Crippen molar-refractivity contribution in [2.45, 2.75) is 70.4 Å². The summed E-state index contributed by atoms with van der Waals surface area (Å²) in [6, 6.07) is 7.03. The zero-order chi connectivity index (χ0) is 20.5. The molecule has 3 N–H and O–H groups in total. The van der Waals surface area contributed by atoms with Gasteiger partial charge in [0.2, 0.25) is 0 Å². The van der Waals surface area contributed by atoms with Crippen molar-refractivity contribution in [1.82, 2.24) is 5.32 Å². The lowest BCUT2D eigenvalue weighted by Gasteiger charge is -2.20. The van der Waals surface area contributed by atoms with E-state index in [4.69, 9.17) is 0 Å². The van der Waals surface area contributed by atoms with Crippen LogP contribution in [0, 0.1) is 11.8 Å². The van der Waals surface area contributed by atoms with Gasteiger partial charge in [-0.3, -0.25) is 4.79 Å². The first-order valence-corrected chi connectivity index (χ1v) is 9.00. The van der Waals surface area contributed by atoms with E-state index in [1.54, 1.807) is 24.3 Å². The van der Waals surface area contributed by atoms with E-state index in [0.717, 1.165) is 18.4 Å². The van der Waals surface area contributed by atoms with Gasteiger partial charge in [-0.1, -0.05) is 56.7 Å². The third kappa shape index (κ3) is 8.02. The lowest BCUT2D eigenvalue weighted by Crippen LogP contribution is -2.43. The maximum Gasteiger partial charge on any atom is 0.471 e. The second-order valence-corrected chi connectivity index (χ2v) is 6.46. The van der Waals surface area contributed by atoms with Crippen molar-refractivity contribution in [3.05, 3.63) is 35.4 Å². The molecule has 0 bridgehead atoms. The number of rotatable bonds is 8. The highest BCUT2D eigenvalue weighted by Gasteiger charge is 2.39. The van der Waals surface area contributed by atoms with Crippen LogP contribution in [0.1, 0.15) is 57.1 Å². The van der Waals surface area contributed by atoms with Crippen molar-refractivity contribution >= 4 is 5.91 Å². The lowest BCUT2D eigenvalue weighted by atomic mass is 9.92. The van der Waals surface area contributed by atoms with Crippen molar-refractivity contribution in [3.63, 3.8) is 0 Å². The van der Waals surface area contributed by atoms with Gasteiger partial charge in [0.05, 0.1) is 0 Å². The molecule has 0 saturated carbocycles. The Balaban J connectivity index is 2.83. The number of hydrogen-bond donors (Lipinski definition) is 3. The molecule has 0 radical (unpaired) electrons. The first-order valence-electron chi connectivity index (χ1n) is 9.00. The molecule has 0 aromatic heterocycles. The Morgan fingerprint density at radius 3 is 2.33 bits per heavy atom. The van der Waals surface area contributed by atoms with Gasteiger partial charge in [0.15, 0.2) is 0 Å². The summed E-state index contributed by atoms with van der Waals surface area (Å²) < 4.78 is 36.6. The van der Waals surface area contributed by atoms with Crippen molar-refractivity contribution in [2.75, 3.05) is 0 Å². The van der Waals surface area contributed by atoms with Gasteiger partial charge in [-0.25, -0.2) is 0 Å². The molecule has 0 spiro atoms. The minimum absolute atomic E-state index is 0.0886. The molecule has 1 atom stereocenters. The number of alkyl halides is 3. The summed E-state index contributed by atoms with van der Waals surface area (Å²) in [5.74, 6) is 3.71. The fourth-order valence-corrected chi connectivity index (χ4v) is 2.72. The maximum absolute atomic E-state index is 12.2. The molecule has 1 aromatic rings. The molecule has 0 aliphatic heterocycles. The van der Waals surface area contributed by atoms with Crippen LogP contribution in [0.4, 0.5) is 13.2 Å². The second kappa shape index (κ2) is 10.3. The predicted molar refractivity (Wildman–Crippen MR) is 96.6 cm³/mol. The summed E-state index contributed by atoms with van der Waals surface area (Å²) in [6.45, 7) is 3.93. The first-order chi connectivity index (χ1) is 12.6. The number of aliphatic hydroxyl groups excluding tert-OH is 1. The maximum atomic E-state index is 12.2. The van der Waals surface area contributed by atoms with E-state index in [1.807, 2.05) is 13.8 Å². The highest BCUT2D eigenvalue weighted by Crippen LogP contribution is 2.20. The van der Waals surface area contributed by atoms with Crippen LogP contribution < -0.4 is 5.32 Å². The zero-order valence-corrected chi connectivity index (χ0v) is 15.6. The topological polar surface area (TPSA) is 69.6 Å². The van der Waals surface area contributed by atoms with Crippen molar-refractivity contribution < 1.29 is 28.2 Å². The summed E-state index contributed by atoms with van der Waals surface area (Å²) in [7, 11) is 0. The normalized spacial score (nSPS) is 12.9. The van der Waals surface area contributed by atoms with Crippen molar-refractivity contribution in [3.8, 4) is 11.8 Å². The molecule has 1 amide bonds. The van der Waals surface area contributed by atoms with Gasteiger partial charge in [-0.15, -0.1) is 0 Å². The Morgan fingerprint density at radius 2 is 1.78 bits per heavy atom. The summed E-state index contributed by atoms with van der Waals surface area (Å²) in [4.78, 5) is 10.8. The molecule has 150 valence electrons. The van der Waals surface area contributed by atoms with Crippen LogP contribution in [0.2, 0.25) is 0 Å². The standard InChI is InChI=1S/C20H26F3NO3/c1-3-12-19(27,13-4-2)14-11-16-8-6-5-7-15(16)9-10-17(25)24-18(26)20(21,22)23/h5-8,17,25,27H,3-4,9-10,12-13H2,1-2H3,(H,24,26)/t17-/m0/s1. The van der Waals surface area contributed by atoms with Gasteiger partial charge in [-0.2, -0.15) is 13.2 Å². The predicted octanol–water partition coefficient (Wildman–Crippen LogP) is 3.30. The number of halogens is 3. The minimum Gasteiger partial charge on any atom is -0.378 e. The van der Waals surface area contributed by atoms with E-state index in [2.05, 4.69) is 11.8 Å². The highest BCUT2D eigenvalue weighted by atomic mass is 19.4. The van der Waals surface area contributed by atoms with Gasteiger partial charge in [0.1, 0.15) is 11.8 Å². The molecule has 27 heavy (non-hydrogen) atoms. The fourth-order valence-electron chi connectivity index (χ4n) is 2.72. The van der Waals surface area contributed by atoms with E-state index in [9.17, 15) is 28.2 Å². The minimum atomic E-state index is -5.03. The van der Waals surface area contributed by atoms with E-state index in [1.165, 1.54) is 5.32 Å². The molecule has 0 aliphatic rings. The summed E-state index contributed by atoms with van der Waals surface area (Å²) >= 11 is 0. The molecular formula is C20H26F3NO3. The summed E-state index contributed by atoms with van der Waals surface area (Å²) in [5.41, 5.74) is 0.287. The number of benzene rings is 1. The molecule has 0 unspecified atom stereocenters. The molecule has 0 fully saturated rings. The SMILES string of the molecule is CCCC(O)(C#Cc1ccccc1CC[C@H](O)NC(=O)C(F)(F)F)CCC. The smallest absolute Gasteiger partial charge is 0.378 e. The lowest BCUT2D eigenvalue weighted by molar-refractivity contribution is -0.176. The van der Waals surface area contributed by atoms with E-state index < -0.39 is 23.9 Å².